The first-order valence-corrected chi connectivity index (χ1v) is 10.2. The number of hydrogen-bond acceptors (Lipinski definition) is 4. The fourth-order valence-electron chi connectivity index (χ4n) is 3.81. The van der Waals surface area contributed by atoms with Crippen LogP contribution in [0.3, 0.4) is 0 Å². The third-order valence-electron chi connectivity index (χ3n) is 5.30. The van der Waals surface area contributed by atoms with E-state index < -0.39 is 0 Å². The number of anilines is 2. The summed E-state index contributed by atoms with van der Waals surface area (Å²) in [6.45, 7) is 6.19. The molecule has 2 aromatic carbocycles. The minimum absolute atomic E-state index is 0.0559. The maximum absolute atomic E-state index is 13.4. The van der Waals surface area contributed by atoms with Crippen molar-refractivity contribution in [1.82, 2.24) is 9.97 Å². The summed E-state index contributed by atoms with van der Waals surface area (Å²) in [7, 11) is 0. The van der Waals surface area contributed by atoms with E-state index in [1.807, 2.05) is 48.2 Å². The number of carbonyl (C=O) groups is 1. The van der Waals surface area contributed by atoms with Gasteiger partial charge in [0, 0.05) is 31.0 Å². The van der Waals surface area contributed by atoms with Crippen molar-refractivity contribution in [3.63, 3.8) is 0 Å². The van der Waals surface area contributed by atoms with Gasteiger partial charge in [0.1, 0.15) is 5.69 Å². The van der Waals surface area contributed by atoms with Crippen LogP contribution >= 0.6 is 0 Å². The number of nitrogens with zero attached hydrogens (tertiary/aromatic N) is 4. The highest BCUT2D eigenvalue weighted by Crippen LogP contribution is 2.28. The normalized spacial score (nSPS) is 13.1. The highest BCUT2D eigenvalue weighted by atomic mass is 16.2. The Morgan fingerprint density at radius 2 is 1.83 bits per heavy atom. The number of fused-ring (bicyclic) bond motifs is 1. The van der Waals surface area contributed by atoms with Gasteiger partial charge in [-0.15, -0.1) is 0 Å². The Morgan fingerprint density at radius 3 is 2.62 bits per heavy atom. The second-order valence-electron chi connectivity index (χ2n) is 7.38. The summed E-state index contributed by atoms with van der Waals surface area (Å²) in [5, 5.41) is 0. The van der Waals surface area contributed by atoms with Gasteiger partial charge in [-0.25, -0.2) is 9.97 Å². The summed E-state index contributed by atoms with van der Waals surface area (Å²) in [6.07, 6.45) is 1.98. The van der Waals surface area contributed by atoms with Gasteiger partial charge in [-0.2, -0.15) is 0 Å². The van der Waals surface area contributed by atoms with Crippen LogP contribution in [0.2, 0.25) is 0 Å². The number of aromatic nitrogens is 2. The van der Waals surface area contributed by atoms with Crippen LogP contribution in [0.4, 0.5) is 11.6 Å². The van der Waals surface area contributed by atoms with E-state index in [0.29, 0.717) is 18.2 Å². The van der Waals surface area contributed by atoms with E-state index in [9.17, 15) is 4.79 Å². The second-order valence-corrected chi connectivity index (χ2v) is 7.38. The van der Waals surface area contributed by atoms with Crippen LogP contribution in [-0.2, 0) is 13.0 Å². The topological polar surface area (TPSA) is 49.3 Å². The smallest absolute Gasteiger partial charge is 0.277 e. The van der Waals surface area contributed by atoms with Crippen LogP contribution in [0.1, 0.15) is 40.7 Å². The minimum atomic E-state index is -0.0559. The van der Waals surface area contributed by atoms with E-state index in [1.165, 1.54) is 11.1 Å². The Labute approximate surface area is 172 Å². The monoisotopic (exact) mass is 386 g/mol. The van der Waals surface area contributed by atoms with Gasteiger partial charge in [-0.1, -0.05) is 48.5 Å². The Morgan fingerprint density at radius 1 is 1.07 bits per heavy atom. The number of aryl methyl sites for hydroxylation is 2. The number of para-hydroxylation sites is 1. The molecule has 5 heteroatoms. The molecule has 0 saturated carbocycles. The molecule has 2 heterocycles. The Hall–Kier alpha value is -3.21. The molecule has 5 nitrogen and oxygen atoms in total. The number of benzene rings is 2. The van der Waals surface area contributed by atoms with Crippen LogP contribution in [0.5, 0.6) is 0 Å². The second kappa shape index (κ2) is 8.43. The van der Waals surface area contributed by atoms with Gasteiger partial charge in [0.05, 0.1) is 0 Å². The first-order valence-electron chi connectivity index (χ1n) is 10.2. The Balaban J connectivity index is 1.64. The van der Waals surface area contributed by atoms with E-state index in [-0.39, 0.29) is 5.91 Å². The fraction of sp³-hybridized carbons (Fsp3) is 0.292. The van der Waals surface area contributed by atoms with Crippen molar-refractivity contribution in [3.8, 4) is 0 Å². The average Bonchev–Trinajstić information content (AvgIpc) is 2.77. The van der Waals surface area contributed by atoms with Crippen LogP contribution < -0.4 is 9.80 Å². The van der Waals surface area contributed by atoms with Crippen molar-refractivity contribution < 1.29 is 4.79 Å². The van der Waals surface area contributed by atoms with Crippen molar-refractivity contribution in [2.24, 2.45) is 0 Å². The lowest BCUT2D eigenvalue weighted by molar-refractivity contribution is 0.0980. The first kappa shape index (κ1) is 19.1. The quantitative estimate of drug-likeness (QED) is 0.652. The summed E-state index contributed by atoms with van der Waals surface area (Å²) >= 11 is 0. The molecule has 148 valence electrons. The predicted molar refractivity (Wildman–Crippen MR) is 116 cm³/mol. The summed E-state index contributed by atoms with van der Waals surface area (Å²) in [5.41, 5.74) is 4.67. The van der Waals surface area contributed by atoms with E-state index in [0.717, 1.165) is 37.3 Å². The first-order chi connectivity index (χ1) is 14.2. The zero-order valence-electron chi connectivity index (χ0n) is 17.0. The van der Waals surface area contributed by atoms with Gasteiger partial charge in [-0.3, -0.25) is 4.79 Å². The summed E-state index contributed by atoms with van der Waals surface area (Å²) in [4.78, 5) is 26.6. The van der Waals surface area contributed by atoms with Crippen molar-refractivity contribution in [1.29, 1.82) is 0 Å². The van der Waals surface area contributed by atoms with Crippen LogP contribution in [0.25, 0.3) is 0 Å². The highest BCUT2D eigenvalue weighted by Gasteiger charge is 2.25. The molecule has 0 spiro atoms. The molecule has 1 aromatic heterocycles. The number of hydrogen-bond donors (Lipinski definition) is 0. The molecule has 3 aromatic rings. The third kappa shape index (κ3) is 4.14. The zero-order chi connectivity index (χ0) is 20.2. The molecule has 1 amide bonds. The predicted octanol–water partition coefficient (Wildman–Crippen LogP) is 4.40. The largest absolute Gasteiger partial charge is 0.337 e. The molecule has 0 bridgehead atoms. The molecule has 0 radical (unpaired) electrons. The van der Waals surface area contributed by atoms with E-state index in [1.54, 1.807) is 6.07 Å². The Kier molecular flexibility index (Phi) is 5.56. The maximum atomic E-state index is 13.4. The van der Waals surface area contributed by atoms with Gasteiger partial charge >= 0.3 is 0 Å². The van der Waals surface area contributed by atoms with Gasteiger partial charge in [0.15, 0.2) is 0 Å². The summed E-state index contributed by atoms with van der Waals surface area (Å²) < 4.78 is 0. The third-order valence-corrected chi connectivity index (χ3v) is 5.30. The van der Waals surface area contributed by atoms with Crippen LogP contribution in [0.15, 0.2) is 60.7 Å². The molecule has 1 aliphatic heterocycles. The van der Waals surface area contributed by atoms with Gasteiger partial charge in [-0.05, 0) is 49.9 Å². The van der Waals surface area contributed by atoms with Gasteiger partial charge in [0.25, 0.3) is 5.91 Å². The standard InChI is InChI=1S/C24H26N4O/c1-3-27(17-19-10-5-4-6-11-19)24-25-18(2)16-21(26-24)23(29)28-15-9-13-20-12-7-8-14-22(20)28/h4-8,10-12,14,16H,3,9,13,15,17H2,1-2H3. The highest BCUT2D eigenvalue weighted by molar-refractivity contribution is 6.05. The molecule has 0 fully saturated rings. The summed E-state index contributed by atoms with van der Waals surface area (Å²) in [5.74, 6) is 0.546. The van der Waals surface area contributed by atoms with Gasteiger partial charge in [0.2, 0.25) is 5.95 Å². The Bertz CT molecular complexity index is 1000. The lowest BCUT2D eigenvalue weighted by Gasteiger charge is -2.29. The number of amides is 1. The molecule has 0 N–H and O–H groups in total. The zero-order valence-corrected chi connectivity index (χ0v) is 17.0. The van der Waals surface area contributed by atoms with E-state index in [2.05, 4.69) is 40.0 Å². The van der Waals surface area contributed by atoms with Crippen molar-refractivity contribution >= 4 is 17.5 Å². The lowest BCUT2D eigenvalue weighted by Crippen LogP contribution is -2.36. The summed E-state index contributed by atoms with van der Waals surface area (Å²) in [6, 6.07) is 20.2. The lowest BCUT2D eigenvalue weighted by atomic mass is 10.0. The van der Waals surface area contributed by atoms with E-state index >= 15 is 0 Å². The molecule has 4 rings (SSSR count). The van der Waals surface area contributed by atoms with Crippen molar-refractivity contribution in [2.45, 2.75) is 33.2 Å². The van der Waals surface area contributed by atoms with Crippen LogP contribution in [-0.4, -0.2) is 29.0 Å². The molecule has 0 unspecified atom stereocenters. The minimum Gasteiger partial charge on any atom is -0.337 e. The molecular weight excluding hydrogens is 360 g/mol. The maximum Gasteiger partial charge on any atom is 0.277 e. The molecule has 29 heavy (non-hydrogen) atoms. The van der Waals surface area contributed by atoms with Crippen molar-refractivity contribution in [3.05, 3.63) is 83.2 Å². The molecule has 0 aliphatic carbocycles. The molecule has 1 aliphatic rings. The molecule has 0 atom stereocenters. The fourth-order valence-corrected chi connectivity index (χ4v) is 3.81. The van der Waals surface area contributed by atoms with Crippen LogP contribution in [0, 0.1) is 6.92 Å². The van der Waals surface area contributed by atoms with E-state index in [4.69, 9.17) is 0 Å². The molecule has 0 saturated heterocycles. The van der Waals surface area contributed by atoms with Crippen molar-refractivity contribution in [2.75, 3.05) is 22.9 Å². The number of carbonyl (C=O) groups excluding carboxylic acids is 1. The average molecular weight is 386 g/mol. The van der Waals surface area contributed by atoms with Gasteiger partial charge < -0.3 is 9.80 Å². The SMILES string of the molecule is CCN(Cc1ccccc1)c1nc(C)cc(C(=O)N2CCCc3ccccc32)n1. The number of rotatable bonds is 5. The molecular formula is C24H26N4O.